The first kappa shape index (κ1) is 11.9. The van der Waals surface area contributed by atoms with E-state index in [1.165, 1.54) is 24.0 Å². The van der Waals surface area contributed by atoms with Crippen molar-refractivity contribution in [2.75, 3.05) is 13.1 Å². The van der Waals surface area contributed by atoms with E-state index >= 15 is 0 Å². The number of likely N-dealkylation sites (N-methyl/N-ethyl adjacent to an activating group) is 1. The summed E-state index contributed by atoms with van der Waals surface area (Å²) in [5, 5.41) is 0.157. The lowest BCUT2D eigenvalue weighted by molar-refractivity contribution is 0.194. The molecule has 0 bridgehead atoms. The van der Waals surface area contributed by atoms with Crippen LogP contribution in [0.2, 0.25) is 0 Å². The number of benzene rings is 1. The fourth-order valence-corrected chi connectivity index (χ4v) is 3.25. The van der Waals surface area contributed by atoms with Crippen LogP contribution in [0.5, 0.6) is 0 Å². The highest BCUT2D eigenvalue weighted by molar-refractivity contribution is 6.21. The molecule has 16 heavy (non-hydrogen) atoms. The van der Waals surface area contributed by atoms with Crippen molar-refractivity contribution in [1.82, 2.24) is 4.90 Å². The molecule has 0 N–H and O–H groups in total. The molecule has 0 heterocycles. The second-order valence-electron chi connectivity index (χ2n) is 4.43. The highest BCUT2D eigenvalue weighted by Crippen LogP contribution is 2.37. The minimum atomic E-state index is 0.157. The van der Waals surface area contributed by atoms with Gasteiger partial charge in [-0.05, 0) is 37.1 Å². The first-order valence-electron chi connectivity index (χ1n) is 6.23. The normalized spacial score (nSPS) is 24.5. The number of aryl methyl sites for hydroxylation is 1. The molecule has 2 unspecified atom stereocenters. The number of rotatable bonds is 3. The zero-order valence-corrected chi connectivity index (χ0v) is 10.9. The average Bonchev–Trinajstić information content (AvgIpc) is 2.34. The maximum absolute atomic E-state index is 6.62. The van der Waals surface area contributed by atoms with Crippen LogP contribution >= 0.6 is 11.6 Å². The van der Waals surface area contributed by atoms with Crippen molar-refractivity contribution in [3.05, 3.63) is 35.4 Å². The largest absolute Gasteiger partial charge is 0.299 e. The van der Waals surface area contributed by atoms with Crippen LogP contribution in [0.25, 0.3) is 0 Å². The van der Waals surface area contributed by atoms with Gasteiger partial charge in [0.15, 0.2) is 0 Å². The monoisotopic (exact) mass is 237 g/mol. The molecule has 0 amide bonds. The number of hydrogen-bond acceptors (Lipinski definition) is 1. The Kier molecular flexibility index (Phi) is 3.88. The van der Waals surface area contributed by atoms with Crippen LogP contribution in [0, 0.1) is 0 Å². The smallest absolute Gasteiger partial charge is 0.0743 e. The van der Waals surface area contributed by atoms with E-state index in [1.54, 1.807) is 0 Å². The van der Waals surface area contributed by atoms with E-state index in [4.69, 9.17) is 11.6 Å². The van der Waals surface area contributed by atoms with Gasteiger partial charge in [0, 0.05) is 6.04 Å². The molecule has 1 nitrogen and oxygen atoms in total. The first-order chi connectivity index (χ1) is 7.77. The van der Waals surface area contributed by atoms with Gasteiger partial charge in [-0.15, -0.1) is 11.6 Å². The van der Waals surface area contributed by atoms with Crippen molar-refractivity contribution in [1.29, 1.82) is 0 Å². The lowest BCUT2D eigenvalue weighted by Gasteiger charge is -2.37. The topological polar surface area (TPSA) is 3.24 Å². The van der Waals surface area contributed by atoms with Gasteiger partial charge < -0.3 is 0 Å². The number of nitrogens with zero attached hydrogens (tertiary/aromatic N) is 1. The van der Waals surface area contributed by atoms with Crippen LogP contribution in [0.1, 0.15) is 36.8 Å². The Hall–Kier alpha value is -0.530. The molecule has 88 valence electrons. The van der Waals surface area contributed by atoms with Crippen LogP contribution in [-0.4, -0.2) is 24.0 Å². The number of hydrogen-bond donors (Lipinski definition) is 0. The third-order valence-corrected chi connectivity index (χ3v) is 4.21. The van der Waals surface area contributed by atoms with Crippen molar-refractivity contribution in [2.24, 2.45) is 0 Å². The minimum absolute atomic E-state index is 0.157. The maximum atomic E-state index is 6.62. The predicted molar refractivity (Wildman–Crippen MR) is 70.1 cm³/mol. The van der Waals surface area contributed by atoms with Crippen molar-refractivity contribution in [2.45, 2.75) is 38.1 Å². The van der Waals surface area contributed by atoms with Crippen LogP contribution in [0.3, 0.4) is 0 Å². The van der Waals surface area contributed by atoms with Crippen molar-refractivity contribution in [3.63, 3.8) is 0 Å². The van der Waals surface area contributed by atoms with E-state index in [0.29, 0.717) is 6.04 Å². The third-order valence-electron chi connectivity index (χ3n) is 3.68. The van der Waals surface area contributed by atoms with Gasteiger partial charge in [0.1, 0.15) is 0 Å². The van der Waals surface area contributed by atoms with Crippen molar-refractivity contribution < 1.29 is 0 Å². The highest BCUT2D eigenvalue weighted by atomic mass is 35.5. The summed E-state index contributed by atoms with van der Waals surface area (Å²) in [7, 11) is 0. The standard InChI is InChI=1S/C14H20ClN/c1-3-16(4-2)13-10-9-11-7-5-6-8-12(11)14(13)15/h5-8,13-14H,3-4,9-10H2,1-2H3. The Labute approximate surface area is 103 Å². The number of fused-ring (bicyclic) bond motifs is 1. The van der Waals surface area contributed by atoms with Gasteiger partial charge in [0.05, 0.1) is 5.38 Å². The molecule has 0 radical (unpaired) electrons. The molecule has 2 heteroatoms. The van der Waals surface area contributed by atoms with E-state index in [2.05, 4.69) is 43.0 Å². The summed E-state index contributed by atoms with van der Waals surface area (Å²) in [5.74, 6) is 0. The third kappa shape index (κ3) is 2.11. The number of halogens is 1. The molecule has 0 spiro atoms. The zero-order valence-electron chi connectivity index (χ0n) is 10.1. The van der Waals surface area contributed by atoms with E-state index < -0.39 is 0 Å². The molecule has 2 rings (SSSR count). The van der Waals surface area contributed by atoms with E-state index in [9.17, 15) is 0 Å². The summed E-state index contributed by atoms with van der Waals surface area (Å²) < 4.78 is 0. The molecule has 0 aromatic heterocycles. The number of alkyl halides is 1. The zero-order chi connectivity index (χ0) is 11.5. The Morgan fingerprint density at radius 2 is 1.94 bits per heavy atom. The van der Waals surface area contributed by atoms with Gasteiger partial charge in [-0.3, -0.25) is 4.90 Å². The van der Waals surface area contributed by atoms with Crippen LogP contribution in [0.4, 0.5) is 0 Å². The molecule has 1 aliphatic carbocycles. The predicted octanol–water partition coefficient (Wildman–Crippen LogP) is 3.62. The Morgan fingerprint density at radius 3 is 2.62 bits per heavy atom. The first-order valence-corrected chi connectivity index (χ1v) is 6.67. The van der Waals surface area contributed by atoms with Crippen molar-refractivity contribution in [3.8, 4) is 0 Å². The molecule has 0 saturated heterocycles. The molecule has 1 aliphatic rings. The van der Waals surface area contributed by atoms with Crippen LogP contribution in [-0.2, 0) is 6.42 Å². The Bertz CT molecular complexity index is 346. The van der Waals surface area contributed by atoms with E-state index in [1.807, 2.05) is 0 Å². The fourth-order valence-electron chi connectivity index (χ4n) is 2.75. The highest BCUT2D eigenvalue weighted by Gasteiger charge is 2.30. The quantitative estimate of drug-likeness (QED) is 0.726. The molecular weight excluding hydrogens is 218 g/mol. The minimum Gasteiger partial charge on any atom is -0.299 e. The second kappa shape index (κ2) is 5.20. The second-order valence-corrected chi connectivity index (χ2v) is 4.90. The summed E-state index contributed by atoms with van der Waals surface area (Å²) in [5.41, 5.74) is 2.78. The summed E-state index contributed by atoms with van der Waals surface area (Å²) in [6, 6.07) is 9.11. The van der Waals surface area contributed by atoms with Gasteiger partial charge in [-0.2, -0.15) is 0 Å². The molecule has 0 aliphatic heterocycles. The van der Waals surface area contributed by atoms with Gasteiger partial charge in [0.2, 0.25) is 0 Å². The molecular formula is C14H20ClN. The van der Waals surface area contributed by atoms with Crippen LogP contribution < -0.4 is 0 Å². The van der Waals surface area contributed by atoms with Gasteiger partial charge in [-0.25, -0.2) is 0 Å². The maximum Gasteiger partial charge on any atom is 0.0743 e. The molecule has 1 aromatic rings. The van der Waals surface area contributed by atoms with Gasteiger partial charge >= 0.3 is 0 Å². The van der Waals surface area contributed by atoms with Gasteiger partial charge in [0.25, 0.3) is 0 Å². The summed E-state index contributed by atoms with van der Waals surface area (Å²) >= 11 is 6.62. The summed E-state index contributed by atoms with van der Waals surface area (Å²) in [6.45, 7) is 6.61. The van der Waals surface area contributed by atoms with E-state index in [-0.39, 0.29) is 5.38 Å². The summed E-state index contributed by atoms with van der Waals surface area (Å²) in [6.07, 6.45) is 2.35. The fraction of sp³-hybridized carbons (Fsp3) is 0.571. The van der Waals surface area contributed by atoms with Gasteiger partial charge in [-0.1, -0.05) is 38.1 Å². The lowest BCUT2D eigenvalue weighted by atomic mass is 9.87. The van der Waals surface area contributed by atoms with Crippen molar-refractivity contribution >= 4 is 11.6 Å². The summed E-state index contributed by atoms with van der Waals surface area (Å²) in [4.78, 5) is 2.48. The lowest BCUT2D eigenvalue weighted by Crippen LogP contribution is -2.40. The molecule has 0 fully saturated rings. The SMILES string of the molecule is CCN(CC)C1CCc2ccccc2C1Cl. The Morgan fingerprint density at radius 1 is 1.25 bits per heavy atom. The molecule has 2 atom stereocenters. The molecule has 0 saturated carbocycles. The van der Waals surface area contributed by atoms with E-state index in [0.717, 1.165) is 13.1 Å². The average molecular weight is 238 g/mol. The Balaban J connectivity index is 2.23. The molecule has 1 aromatic carbocycles. The van der Waals surface area contributed by atoms with Crippen LogP contribution in [0.15, 0.2) is 24.3 Å².